The number of esters is 1. The van der Waals surface area contributed by atoms with E-state index in [1.165, 1.54) is 30.3 Å². The lowest BCUT2D eigenvalue weighted by Crippen LogP contribution is -2.29. The quantitative estimate of drug-likeness (QED) is 0.436. The fraction of sp³-hybridized carbons (Fsp3) is 0.211. The fourth-order valence-corrected chi connectivity index (χ4v) is 3.40. The van der Waals surface area contributed by atoms with Crippen molar-refractivity contribution < 1.29 is 23.5 Å². The summed E-state index contributed by atoms with van der Waals surface area (Å²) in [5, 5.41) is 0. The standard InChI is InChI=1S/C19H12Cl2FNO4/c20-19(21)8-11(19)9-27-18(26)10-1-6-14-15(7-10)17(25)23(16(14)24)13-4-2-12(22)3-5-13/h1-7,11H,8-9H2/t11-/m1/s1. The number of amides is 2. The summed E-state index contributed by atoms with van der Waals surface area (Å²) in [6.07, 6.45) is 0.549. The van der Waals surface area contributed by atoms with Gasteiger partial charge in [-0.05, 0) is 48.9 Å². The number of carbonyl (C=O) groups excluding carboxylic acids is 3. The molecule has 138 valence electrons. The Hall–Kier alpha value is -2.44. The molecular weight excluding hydrogens is 396 g/mol. The van der Waals surface area contributed by atoms with Gasteiger partial charge in [0.1, 0.15) is 10.2 Å². The Balaban J connectivity index is 1.55. The van der Waals surface area contributed by atoms with Gasteiger partial charge in [0.25, 0.3) is 11.8 Å². The molecule has 0 spiro atoms. The Morgan fingerprint density at radius 3 is 2.37 bits per heavy atom. The minimum Gasteiger partial charge on any atom is -0.462 e. The Kier molecular flexibility index (Phi) is 4.20. The van der Waals surface area contributed by atoms with Crippen molar-refractivity contribution in [3.8, 4) is 0 Å². The predicted molar refractivity (Wildman–Crippen MR) is 96.8 cm³/mol. The van der Waals surface area contributed by atoms with Crippen LogP contribution in [0.1, 0.15) is 37.5 Å². The zero-order chi connectivity index (χ0) is 19.3. The first-order valence-electron chi connectivity index (χ1n) is 8.11. The van der Waals surface area contributed by atoms with Crippen LogP contribution < -0.4 is 4.90 Å². The number of carbonyl (C=O) groups is 3. The van der Waals surface area contributed by atoms with E-state index in [9.17, 15) is 18.8 Å². The summed E-state index contributed by atoms with van der Waals surface area (Å²) in [4.78, 5) is 38.3. The number of imide groups is 1. The van der Waals surface area contributed by atoms with Gasteiger partial charge in [0.05, 0.1) is 29.0 Å². The molecule has 1 fully saturated rings. The van der Waals surface area contributed by atoms with E-state index < -0.39 is 27.9 Å². The molecule has 1 saturated carbocycles. The number of nitrogens with zero attached hydrogens (tertiary/aromatic N) is 1. The molecule has 4 rings (SSSR count). The molecule has 0 unspecified atom stereocenters. The largest absolute Gasteiger partial charge is 0.462 e. The maximum absolute atomic E-state index is 13.1. The van der Waals surface area contributed by atoms with Gasteiger partial charge in [-0.25, -0.2) is 14.1 Å². The van der Waals surface area contributed by atoms with Crippen LogP contribution in [0.3, 0.4) is 0 Å². The van der Waals surface area contributed by atoms with Gasteiger partial charge < -0.3 is 4.74 Å². The lowest BCUT2D eigenvalue weighted by Gasteiger charge is -2.13. The molecule has 5 nitrogen and oxygen atoms in total. The van der Waals surface area contributed by atoms with Crippen molar-refractivity contribution in [1.29, 1.82) is 0 Å². The molecule has 2 aromatic carbocycles. The lowest BCUT2D eigenvalue weighted by atomic mass is 10.1. The summed E-state index contributed by atoms with van der Waals surface area (Å²) < 4.78 is 17.4. The topological polar surface area (TPSA) is 63.7 Å². The Morgan fingerprint density at radius 1 is 1.11 bits per heavy atom. The van der Waals surface area contributed by atoms with Crippen molar-refractivity contribution in [3.63, 3.8) is 0 Å². The van der Waals surface area contributed by atoms with E-state index >= 15 is 0 Å². The van der Waals surface area contributed by atoms with Crippen LogP contribution in [0.15, 0.2) is 42.5 Å². The van der Waals surface area contributed by atoms with Gasteiger partial charge in [-0.15, -0.1) is 23.2 Å². The number of alkyl halides is 2. The van der Waals surface area contributed by atoms with Crippen LogP contribution in [0.2, 0.25) is 0 Å². The van der Waals surface area contributed by atoms with Gasteiger partial charge in [-0.2, -0.15) is 0 Å². The van der Waals surface area contributed by atoms with Crippen molar-refractivity contribution in [3.05, 3.63) is 65.0 Å². The van der Waals surface area contributed by atoms with Crippen LogP contribution in [0.5, 0.6) is 0 Å². The molecule has 2 aliphatic rings. The molecule has 0 saturated heterocycles. The third kappa shape index (κ3) is 3.19. The van der Waals surface area contributed by atoms with E-state index in [1.54, 1.807) is 0 Å². The Bertz CT molecular complexity index is 974. The second-order valence-electron chi connectivity index (χ2n) is 6.44. The molecule has 2 aromatic rings. The highest BCUT2D eigenvalue weighted by atomic mass is 35.5. The van der Waals surface area contributed by atoms with Crippen LogP contribution in [-0.2, 0) is 4.74 Å². The van der Waals surface area contributed by atoms with Gasteiger partial charge in [0.2, 0.25) is 0 Å². The minimum absolute atomic E-state index is 0.0809. The summed E-state index contributed by atoms with van der Waals surface area (Å²) in [5.74, 6) is -2.34. The third-order valence-electron chi connectivity index (χ3n) is 4.58. The minimum atomic E-state index is -0.851. The van der Waals surface area contributed by atoms with Crippen molar-refractivity contribution in [2.45, 2.75) is 10.8 Å². The van der Waals surface area contributed by atoms with Gasteiger partial charge in [-0.3, -0.25) is 9.59 Å². The number of hydrogen-bond donors (Lipinski definition) is 0. The van der Waals surface area contributed by atoms with Gasteiger partial charge in [0, 0.05) is 5.92 Å². The zero-order valence-electron chi connectivity index (χ0n) is 13.7. The highest BCUT2D eigenvalue weighted by Gasteiger charge is 2.52. The number of rotatable bonds is 4. The molecule has 0 aromatic heterocycles. The maximum Gasteiger partial charge on any atom is 0.338 e. The molecule has 1 aliphatic heterocycles. The molecular formula is C19H12Cl2FNO4. The van der Waals surface area contributed by atoms with Crippen LogP contribution >= 0.6 is 23.2 Å². The number of anilines is 1. The third-order valence-corrected chi connectivity index (χ3v) is 5.50. The van der Waals surface area contributed by atoms with Crippen molar-refractivity contribution in [2.75, 3.05) is 11.5 Å². The Morgan fingerprint density at radius 2 is 1.74 bits per heavy atom. The van der Waals surface area contributed by atoms with Gasteiger partial charge >= 0.3 is 5.97 Å². The van der Waals surface area contributed by atoms with E-state index in [-0.39, 0.29) is 34.9 Å². The predicted octanol–water partition coefficient (Wildman–Crippen LogP) is 3.98. The van der Waals surface area contributed by atoms with E-state index in [2.05, 4.69) is 0 Å². The molecule has 27 heavy (non-hydrogen) atoms. The van der Waals surface area contributed by atoms with E-state index in [0.717, 1.165) is 17.0 Å². The molecule has 1 atom stereocenters. The summed E-state index contributed by atoms with van der Waals surface area (Å²) in [7, 11) is 0. The van der Waals surface area contributed by atoms with E-state index in [0.29, 0.717) is 6.42 Å². The average molecular weight is 408 g/mol. The number of hydrogen-bond acceptors (Lipinski definition) is 4. The molecule has 2 amide bonds. The summed E-state index contributed by atoms with van der Waals surface area (Å²) in [6.45, 7) is 0.0809. The molecule has 0 N–H and O–H groups in total. The second kappa shape index (κ2) is 6.32. The van der Waals surface area contributed by atoms with Crippen molar-refractivity contribution in [2.24, 2.45) is 5.92 Å². The SMILES string of the molecule is O=C(OC[C@H]1CC1(Cl)Cl)c1ccc2c(c1)C(=O)N(c1ccc(F)cc1)C2=O. The van der Waals surface area contributed by atoms with Crippen LogP contribution in [0.4, 0.5) is 10.1 Å². The average Bonchev–Trinajstić information content (AvgIpc) is 3.18. The molecule has 0 bridgehead atoms. The van der Waals surface area contributed by atoms with Crippen molar-refractivity contribution >= 4 is 46.7 Å². The highest BCUT2D eigenvalue weighted by molar-refractivity contribution is 6.50. The Labute approximate surface area is 163 Å². The first-order chi connectivity index (χ1) is 12.8. The first-order valence-corrected chi connectivity index (χ1v) is 8.87. The van der Waals surface area contributed by atoms with Crippen LogP contribution in [0, 0.1) is 11.7 Å². The normalized spacial score (nSPS) is 19.8. The van der Waals surface area contributed by atoms with Crippen molar-refractivity contribution in [1.82, 2.24) is 0 Å². The zero-order valence-corrected chi connectivity index (χ0v) is 15.3. The summed E-state index contributed by atoms with van der Waals surface area (Å²) in [5.41, 5.74) is 0.658. The number of halogens is 3. The first kappa shape index (κ1) is 17.9. The lowest BCUT2D eigenvalue weighted by molar-refractivity contribution is 0.0485. The summed E-state index contributed by atoms with van der Waals surface area (Å²) in [6, 6.07) is 9.14. The monoisotopic (exact) mass is 407 g/mol. The van der Waals surface area contributed by atoms with Crippen LogP contribution in [-0.4, -0.2) is 28.7 Å². The molecule has 1 aliphatic carbocycles. The van der Waals surface area contributed by atoms with Crippen LogP contribution in [0.25, 0.3) is 0 Å². The smallest absolute Gasteiger partial charge is 0.338 e. The maximum atomic E-state index is 13.1. The fourth-order valence-electron chi connectivity index (χ4n) is 2.90. The molecule has 8 heteroatoms. The number of fused-ring (bicyclic) bond motifs is 1. The summed E-state index contributed by atoms with van der Waals surface area (Å²) >= 11 is 11.8. The highest BCUT2D eigenvalue weighted by Crippen LogP contribution is 2.53. The van der Waals surface area contributed by atoms with E-state index in [4.69, 9.17) is 27.9 Å². The number of benzene rings is 2. The molecule has 1 heterocycles. The second-order valence-corrected chi connectivity index (χ2v) is 7.99. The van der Waals surface area contributed by atoms with E-state index in [1.807, 2.05) is 0 Å². The number of ether oxygens (including phenoxy) is 1. The van der Waals surface area contributed by atoms with Gasteiger partial charge in [0.15, 0.2) is 0 Å². The molecule has 0 radical (unpaired) electrons. The van der Waals surface area contributed by atoms with Gasteiger partial charge in [-0.1, -0.05) is 0 Å².